The standard InChI is InChI=1S/C10H11F3N2O5/c11-10(12,13)4-2-15(9(19)14-8(4)18)7-1-5(17)6(3-16)20-7/h2,5-7,16-17H,1,3H2,(H,14,18,19)/t5-,6+,7-/m0/s1. The van der Waals surface area contributed by atoms with E-state index in [-0.39, 0.29) is 6.42 Å². The van der Waals surface area contributed by atoms with E-state index in [0.717, 1.165) is 0 Å². The van der Waals surface area contributed by atoms with Crippen LogP contribution >= 0.6 is 0 Å². The van der Waals surface area contributed by atoms with Crippen LogP contribution in [-0.2, 0) is 10.9 Å². The predicted octanol–water partition coefficient (Wildman–Crippen LogP) is -0.804. The summed E-state index contributed by atoms with van der Waals surface area (Å²) in [7, 11) is 0. The summed E-state index contributed by atoms with van der Waals surface area (Å²) in [5.41, 5.74) is -4.17. The molecule has 3 N–H and O–H groups in total. The molecular weight excluding hydrogens is 285 g/mol. The van der Waals surface area contributed by atoms with Crippen molar-refractivity contribution in [3.63, 3.8) is 0 Å². The molecule has 1 aliphatic rings. The molecule has 0 aromatic carbocycles. The molecule has 2 rings (SSSR count). The molecule has 10 heteroatoms. The summed E-state index contributed by atoms with van der Waals surface area (Å²) in [6.45, 7) is -0.540. The molecule has 0 aliphatic carbocycles. The van der Waals surface area contributed by atoms with Crippen molar-refractivity contribution in [3.05, 3.63) is 32.6 Å². The first kappa shape index (κ1) is 14.8. The minimum atomic E-state index is -4.92. The number of hydrogen-bond donors (Lipinski definition) is 3. The van der Waals surface area contributed by atoms with Gasteiger partial charge in [0.25, 0.3) is 5.56 Å². The number of aromatic amines is 1. The number of hydrogen-bond acceptors (Lipinski definition) is 5. The fourth-order valence-corrected chi connectivity index (χ4v) is 1.95. The van der Waals surface area contributed by atoms with E-state index >= 15 is 0 Å². The Morgan fingerprint density at radius 1 is 1.45 bits per heavy atom. The number of alkyl halides is 3. The topological polar surface area (TPSA) is 105 Å². The lowest BCUT2D eigenvalue weighted by Crippen LogP contribution is -2.36. The van der Waals surface area contributed by atoms with Crippen LogP contribution < -0.4 is 11.2 Å². The third kappa shape index (κ3) is 2.62. The van der Waals surface area contributed by atoms with Gasteiger partial charge in [-0.15, -0.1) is 0 Å². The Morgan fingerprint density at radius 3 is 2.60 bits per heavy atom. The molecule has 0 spiro atoms. The summed E-state index contributed by atoms with van der Waals surface area (Å²) in [6.07, 6.45) is -8.04. The fraction of sp³-hybridized carbons (Fsp3) is 0.600. The second kappa shape index (κ2) is 5.04. The highest BCUT2D eigenvalue weighted by atomic mass is 19.4. The SMILES string of the molecule is O=c1[nH]c(=O)n([C@@H]2C[C@H](O)[C@@H](CO)O2)cc1C(F)(F)F. The zero-order valence-electron chi connectivity index (χ0n) is 9.92. The van der Waals surface area contributed by atoms with Gasteiger partial charge in [-0.3, -0.25) is 14.3 Å². The summed E-state index contributed by atoms with van der Waals surface area (Å²) < 4.78 is 43.4. The van der Waals surface area contributed by atoms with Gasteiger partial charge in [-0.1, -0.05) is 0 Å². The number of ether oxygens (including phenoxy) is 1. The minimum absolute atomic E-state index is 0.172. The van der Waals surface area contributed by atoms with E-state index in [0.29, 0.717) is 10.8 Å². The van der Waals surface area contributed by atoms with E-state index in [1.54, 1.807) is 4.98 Å². The molecule has 1 fully saturated rings. The minimum Gasteiger partial charge on any atom is -0.394 e. The van der Waals surface area contributed by atoms with Gasteiger partial charge in [0.05, 0.1) is 12.7 Å². The number of nitrogens with one attached hydrogen (secondary N) is 1. The van der Waals surface area contributed by atoms with Crippen LogP contribution in [-0.4, -0.2) is 38.6 Å². The van der Waals surface area contributed by atoms with Crippen LogP contribution in [0.1, 0.15) is 18.2 Å². The molecule has 1 saturated heterocycles. The molecule has 0 saturated carbocycles. The van der Waals surface area contributed by atoms with Crippen LogP contribution in [0.2, 0.25) is 0 Å². The Morgan fingerprint density at radius 2 is 2.10 bits per heavy atom. The average molecular weight is 296 g/mol. The van der Waals surface area contributed by atoms with E-state index in [2.05, 4.69) is 0 Å². The number of nitrogens with zero attached hydrogens (tertiary/aromatic N) is 1. The summed E-state index contributed by atoms with van der Waals surface area (Å²) in [4.78, 5) is 24.2. The fourth-order valence-electron chi connectivity index (χ4n) is 1.95. The largest absolute Gasteiger partial charge is 0.423 e. The van der Waals surface area contributed by atoms with Gasteiger partial charge in [0, 0.05) is 12.6 Å². The first-order valence-electron chi connectivity index (χ1n) is 5.61. The quantitative estimate of drug-likeness (QED) is 0.662. The van der Waals surface area contributed by atoms with Gasteiger partial charge in [0.15, 0.2) is 0 Å². The lowest BCUT2D eigenvalue weighted by atomic mass is 10.2. The molecule has 2 heterocycles. The van der Waals surface area contributed by atoms with Crippen molar-refractivity contribution in [2.24, 2.45) is 0 Å². The number of H-pyrrole nitrogens is 1. The molecule has 0 unspecified atom stereocenters. The van der Waals surface area contributed by atoms with Gasteiger partial charge in [0.1, 0.15) is 17.9 Å². The smallest absolute Gasteiger partial charge is 0.394 e. The first-order chi connectivity index (χ1) is 9.24. The third-order valence-corrected chi connectivity index (χ3v) is 2.97. The van der Waals surface area contributed by atoms with E-state index < -0.39 is 48.0 Å². The van der Waals surface area contributed by atoms with Crippen molar-refractivity contribution in [1.82, 2.24) is 9.55 Å². The van der Waals surface area contributed by atoms with Gasteiger partial charge in [-0.2, -0.15) is 13.2 Å². The molecular formula is C10H11F3N2O5. The van der Waals surface area contributed by atoms with Crippen LogP contribution in [0.4, 0.5) is 13.2 Å². The van der Waals surface area contributed by atoms with Gasteiger partial charge in [0.2, 0.25) is 0 Å². The molecule has 1 aliphatic heterocycles. The third-order valence-electron chi connectivity index (χ3n) is 2.97. The number of aromatic nitrogens is 2. The molecule has 0 bridgehead atoms. The van der Waals surface area contributed by atoms with Crippen molar-refractivity contribution >= 4 is 0 Å². The number of aliphatic hydroxyl groups is 2. The number of halogens is 3. The van der Waals surface area contributed by atoms with E-state index in [4.69, 9.17) is 9.84 Å². The first-order valence-corrected chi connectivity index (χ1v) is 5.61. The van der Waals surface area contributed by atoms with Crippen LogP contribution in [0.3, 0.4) is 0 Å². The molecule has 7 nitrogen and oxygen atoms in total. The Bertz CT molecular complexity index is 608. The number of aliphatic hydroxyl groups excluding tert-OH is 2. The average Bonchev–Trinajstić information content (AvgIpc) is 2.68. The lowest BCUT2D eigenvalue weighted by Gasteiger charge is -2.16. The second-order valence-corrected chi connectivity index (χ2v) is 4.32. The predicted molar refractivity (Wildman–Crippen MR) is 57.9 cm³/mol. The molecule has 0 radical (unpaired) electrons. The molecule has 1 aromatic rings. The Kier molecular flexibility index (Phi) is 3.71. The normalized spacial score (nSPS) is 26.9. The maximum Gasteiger partial charge on any atom is 0.423 e. The van der Waals surface area contributed by atoms with Gasteiger partial charge in [-0.25, -0.2) is 4.79 Å². The summed E-state index contributed by atoms with van der Waals surface area (Å²) in [5, 5.41) is 18.4. The van der Waals surface area contributed by atoms with Gasteiger partial charge >= 0.3 is 11.9 Å². The highest BCUT2D eigenvalue weighted by Crippen LogP contribution is 2.30. The highest BCUT2D eigenvalue weighted by Gasteiger charge is 2.38. The van der Waals surface area contributed by atoms with E-state index in [1.165, 1.54) is 0 Å². The van der Waals surface area contributed by atoms with Crippen LogP contribution in [0.15, 0.2) is 15.8 Å². The highest BCUT2D eigenvalue weighted by molar-refractivity contribution is 5.09. The van der Waals surface area contributed by atoms with Crippen LogP contribution in [0.25, 0.3) is 0 Å². The molecule has 20 heavy (non-hydrogen) atoms. The van der Waals surface area contributed by atoms with Crippen molar-refractivity contribution < 1.29 is 28.1 Å². The van der Waals surface area contributed by atoms with E-state index in [1.807, 2.05) is 0 Å². The summed E-state index contributed by atoms with van der Waals surface area (Å²) in [6, 6.07) is 0. The van der Waals surface area contributed by atoms with Crippen molar-refractivity contribution in [2.75, 3.05) is 6.61 Å². The molecule has 3 atom stereocenters. The van der Waals surface area contributed by atoms with Crippen molar-refractivity contribution in [3.8, 4) is 0 Å². The molecule has 1 aromatic heterocycles. The Labute approximate surface area is 109 Å². The van der Waals surface area contributed by atoms with Gasteiger partial charge < -0.3 is 14.9 Å². The Hall–Kier alpha value is -1.65. The number of rotatable bonds is 2. The lowest BCUT2D eigenvalue weighted by molar-refractivity contribution is -0.139. The molecule has 112 valence electrons. The summed E-state index contributed by atoms with van der Waals surface area (Å²) in [5.74, 6) is 0. The Balaban J connectivity index is 2.43. The zero-order chi connectivity index (χ0) is 15.1. The maximum absolute atomic E-state index is 12.6. The van der Waals surface area contributed by atoms with E-state index in [9.17, 15) is 27.9 Å². The van der Waals surface area contributed by atoms with Crippen LogP contribution in [0, 0.1) is 0 Å². The molecule has 0 amide bonds. The second-order valence-electron chi connectivity index (χ2n) is 4.32. The monoisotopic (exact) mass is 296 g/mol. The summed E-state index contributed by atoms with van der Waals surface area (Å²) >= 11 is 0. The zero-order valence-corrected chi connectivity index (χ0v) is 9.92. The van der Waals surface area contributed by atoms with Gasteiger partial charge in [-0.05, 0) is 0 Å². The maximum atomic E-state index is 12.6. The van der Waals surface area contributed by atoms with Crippen molar-refractivity contribution in [1.29, 1.82) is 0 Å². The van der Waals surface area contributed by atoms with Crippen molar-refractivity contribution in [2.45, 2.75) is 31.0 Å². The van der Waals surface area contributed by atoms with Crippen LogP contribution in [0.5, 0.6) is 0 Å².